The highest BCUT2D eigenvalue weighted by Crippen LogP contribution is 2.42. The van der Waals surface area contributed by atoms with E-state index < -0.39 is 0 Å². The summed E-state index contributed by atoms with van der Waals surface area (Å²) < 4.78 is 5.19. The van der Waals surface area contributed by atoms with Crippen LogP contribution in [0.1, 0.15) is 16.5 Å². The number of aryl methyl sites for hydroxylation is 1. The molecule has 2 aromatic rings. The summed E-state index contributed by atoms with van der Waals surface area (Å²) in [5.74, 6) is 1.39. The number of amides is 1. The van der Waals surface area contributed by atoms with Crippen molar-refractivity contribution in [2.75, 3.05) is 17.8 Å². The molecule has 114 valence electrons. The lowest BCUT2D eigenvalue weighted by atomic mass is 10.1. The van der Waals surface area contributed by atoms with Crippen molar-refractivity contribution in [1.29, 1.82) is 0 Å². The SMILES string of the molecule is COc1ccc([C@@H]2SCC(=O)N2c2ccc(C)c(Cl)c2)cc1. The number of benzene rings is 2. The van der Waals surface area contributed by atoms with Gasteiger partial charge < -0.3 is 4.74 Å². The number of methoxy groups -OCH3 is 1. The van der Waals surface area contributed by atoms with Gasteiger partial charge in [-0.2, -0.15) is 0 Å². The number of nitrogens with zero attached hydrogens (tertiary/aromatic N) is 1. The van der Waals surface area contributed by atoms with Crippen LogP contribution in [0.3, 0.4) is 0 Å². The zero-order valence-corrected chi connectivity index (χ0v) is 13.9. The second-order valence-corrected chi connectivity index (χ2v) is 6.61. The van der Waals surface area contributed by atoms with E-state index in [1.54, 1.807) is 18.9 Å². The molecule has 3 nitrogen and oxygen atoms in total. The number of hydrogen-bond acceptors (Lipinski definition) is 3. The average molecular weight is 334 g/mol. The molecule has 0 aromatic heterocycles. The van der Waals surface area contributed by atoms with E-state index >= 15 is 0 Å². The van der Waals surface area contributed by atoms with Crippen molar-refractivity contribution in [2.24, 2.45) is 0 Å². The first-order valence-electron chi connectivity index (χ1n) is 6.94. The molecule has 0 unspecified atom stereocenters. The molecule has 0 spiro atoms. The fraction of sp³-hybridized carbons (Fsp3) is 0.235. The van der Waals surface area contributed by atoms with Crippen LogP contribution in [0.5, 0.6) is 5.75 Å². The number of halogens is 1. The van der Waals surface area contributed by atoms with E-state index in [4.69, 9.17) is 16.3 Å². The fourth-order valence-electron chi connectivity index (χ4n) is 2.45. The second-order valence-electron chi connectivity index (χ2n) is 5.13. The third kappa shape index (κ3) is 2.81. The Bertz CT molecular complexity index is 702. The van der Waals surface area contributed by atoms with Gasteiger partial charge in [-0.3, -0.25) is 9.69 Å². The van der Waals surface area contributed by atoms with Crippen LogP contribution in [0.4, 0.5) is 5.69 Å². The molecular formula is C17H16ClNO2S. The van der Waals surface area contributed by atoms with E-state index in [-0.39, 0.29) is 11.3 Å². The molecule has 3 rings (SSSR count). The molecule has 0 aliphatic carbocycles. The van der Waals surface area contributed by atoms with Gasteiger partial charge >= 0.3 is 0 Å². The number of rotatable bonds is 3. The zero-order chi connectivity index (χ0) is 15.7. The Balaban J connectivity index is 1.96. The van der Waals surface area contributed by atoms with Crippen molar-refractivity contribution >= 4 is 35.0 Å². The van der Waals surface area contributed by atoms with Crippen LogP contribution in [0.15, 0.2) is 42.5 Å². The van der Waals surface area contributed by atoms with Crippen LogP contribution in [0, 0.1) is 6.92 Å². The second kappa shape index (κ2) is 6.23. The van der Waals surface area contributed by atoms with Gasteiger partial charge in [-0.15, -0.1) is 11.8 Å². The summed E-state index contributed by atoms with van der Waals surface area (Å²) in [4.78, 5) is 14.1. The van der Waals surface area contributed by atoms with Crippen LogP contribution < -0.4 is 9.64 Å². The van der Waals surface area contributed by atoms with Crippen LogP contribution in [0.25, 0.3) is 0 Å². The van der Waals surface area contributed by atoms with Gasteiger partial charge in [-0.1, -0.05) is 29.8 Å². The quantitative estimate of drug-likeness (QED) is 0.832. The minimum Gasteiger partial charge on any atom is -0.497 e. The van der Waals surface area contributed by atoms with Crippen LogP contribution in [-0.2, 0) is 4.79 Å². The lowest BCUT2D eigenvalue weighted by Crippen LogP contribution is -2.27. The van der Waals surface area contributed by atoms with Crippen molar-refractivity contribution < 1.29 is 9.53 Å². The fourth-order valence-corrected chi connectivity index (χ4v) is 3.80. The molecule has 1 saturated heterocycles. The van der Waals surface area contributed by atoms with Crippen LogP contribution in [0.2, 0.25) is 5.02 Å². The highest BCUT2D eigenvalue weighted by Gasteiger charge is 2.34. The number of thioether (sulfide) groups is 1. The van der Waals surface area contributed by atoms with Gasteiger partial charge in [0, 0.05) is 10.7 Å². The summed E-state index contributed by atoms with van der Waals surface area (Å²) in [5, 5.41) is 0.646. The van der Waals surface area contributed by atoms with E-state index in [9.17, 15) is 4.79 Å². The molecule has 0 N–H and O–H groups in total. The lowest BCUT2D eigenvalue weighted by Gasteiger charge is -2.25. The number of anilines is 1. The van der Waals surface area contributed by atoms with Crippen molar-refractivity contribution in [1.82, 2.24) is 0 Å². The predicted molar refractivity (Wildman–Crippen MR) is 91.9 cm³/mol. The molecule has 0 radical (unpaired) electrons. The first-order valence-corrected chi connectivity index (χ1v) is 8.36. The summed E-state index contributed by atoms with van der Waals surface area (Å²) in [6.45, 7) is 1.95. The molecule has 1 aliphatic rings. The van der Waals surface area contributed by atoms with E-state index in [0.717, 1.165) is 22.6 Å². The first-order chi connectivity index (χ1) is 10.6. The van der Waals surface area contributed by atoms with Crippen LogP contribution >= 0.6 is 23.4 Å². The maximum atomic E-state index is 12.3. The minimum atomic E-state index is -0.0304. The van der Waals surface area contributed by atoms with Gasteiger partial charge in [0.25, 0.3) is 0 Å². The average Bonchev–Trinajstić information content (AvgIpc) is 2.92. The summed E-state index contributed by atoms with van der Waals surface area (Å²) >= 11 is 7.83. The number of ether oxygens (including phenoxy) is 1. The van der Waals surface area contributed by atoms with E-state index in [1.165, 1.54) is 0 Å². The molecule has 5 heteroatoms. The van der Waals surface area contributed by atoms with Gasteiger partial charge in [0.05, 0.1) is 12.9 Å². The lowest BCUT2D eigenvalue weighted by molar-refractivity contribution is -0.115. The minimum absolute atomic E-state index is 0.0304. The molecule has 1 fully saturated rings. The highest BCUT2D eigenvalue weighted by atomic mass is 35.5. The Morgan fingerprint density at radius 1 is 1.23 bits per heavy atom. The summed E-state index contributed by atoms with van der Waals surface area (Å²) in [7, 11) is 1.64. The normalized spacial score (nSPS) is 17.9. The zero-order valence-electron chi connectivity index (χ0n) is 12.4. The predicted octanol–water partition coefficient (Wildman–Crippen LogP) is 4.44. The Hall–Kier alpha value is -1.65. The molecule has 0 bridgehead atoms. The topological polar surface area (TPSA) is 29.5 Å². The maximum Gasteiger partial charge on any atom is 0.238 e. The largest absolute Gasteiger partial charge is 0.497 e. The van der Waals surface area contributed by atoms with Crippen molar-refractivity contribution in [3.8, 4) is 5.75 Å². The van der Waals surface area contributed by atoms with Gasteiger partial charge in [-0.25, -0.2) is 0 Å². The Morgan fingerprint density at radius 2 is 1.95 bits per heavy atom. The van der Waals surface area contributed by atoms with E-state index in [2.05, 4.69) is 0 Å². The number of carbonyl (C=O) groups is 1. The van der Waals surface area contributed by atoms with Gasteiger partial charge in [-0.05, 0) is 42.3 Å². The smallest absolute Gasteiger partial charge is 0.238 e. The third-order valence-corrected chi connectivity index (χ3v) is 5.32. The van der Waals surface area contributed by atoms with Crippen LogP contribution in [-0.4, -0.2) is 18.8 Å². The highest BCUT2D eigenvalue weighted by molar-refractivity contribution is 8.00. The summed E-state index contributed by atoms with van der Waals surface area (Å²) in [5.41, 5.74) is 2.92. The molecule has 0 saturated carbocycles. The van der Waals surface area contributed by atoms with Gasteiger partial charge in [0.2, 0.25) is 5.91 Å². The van der Waals surface area contributed by atoms with Gasteiger partial charge in [0.15, 0.2) is 0 Å². The molecular weight excluding hydrogens is 318 g/mol. The summed E-state index contributed by atoms with van der Waals surface area (Å²) in [6, 6.07) is 13.6. The Kier molecular flexibility index (Phi) is 4.32. The molecule has 1 amide bonds. The molecule has 1 heterocycles. The summed E-state index contributed by atoms with van der Waals surface area (Å²) in [6.07, 6.45) is 0. The number of hydrogen-bond donors (Lipinski definition) is 0. The standard InChI is InChI=1S/C17H16ClNO2S/c1-11-3-6-13(9-15(11)18)19-16(20)10-22-17(19)12-4-7-14(21-2)8-5-12/h3-9,17H,10H2,1-2H3/t17-/m0/s1. The Labute approximate surface area is 139 Å². The Morgan fingerprint density at radius 3 is 2.59 bits per heavy atom. The monoisotopic (exact) mass is 333 g/mol. The third-order valence-electron chi connectivity index (χ3n) is 3.70. The molecule has 22 heavy (non-hydrogen) atoms. The number of carbonyl (C=O) groups excluding carboxylic acids is 1. The van der Waals surface area contributed by atoms with Gasteiger partial charge in [0.1, 0.15) is 11.1 Å². The molecule has 1 aliphatic heterocycles. The van der Waals surface area contributed by atoms with Crippen molar-refractivity contribution in [2.45, 2.75) is 12.3 Å². The van der Waals surface area contributed by atoms with Crippen molar-refractivity contribution in [3.05, 3.63) is 58.6 Å². The van der Waals surface area contributed by atoms with Crippen molar-refractivity contribution in [3.63, 3.8) is 0 Å². The maximum absolute atomic E-state index is 12.3. The first kappa shape index (κ1) is 15.3. The molecule has 2 aromatic carbocycles. The van der Waals surface area contributed by atoms with E-state index in [0.29, 0.717) is 10.8 Å². The van der Waals surface area contributed by atoms with E-state index in [1.807, 2.05) is 54.3 Å². The molecule has 1 atom stereocenters.